The third-order valence-electron chi connectivity index (χ3n) is 2.38. The fourth-order valence-electron chi connectivity index (χ4n) is 1.59. The highest BCUT2D eigenvalue weighted by molar-refractivity contribution is 9.10. The number of nitrogens with zero attached hydrogens (tertiary/aromatic N) is 3. The summed E-state index contributed by atoms with van der Waals surface area (Å²) in [5.74, 6) is 0. The Hall–Kier alpha value is -1.68. The number of halogens is 1. The molecule has 0 N–H and O–H groups in total. The summed E-state index contributed by atoms with van der Waals surface area (Å²) in [6, 6.07) is 11.9. The highest BCUT2D eigenvalue weighted by Crippen LogP contribution is 2.21. The van der Waals surface area contributed by atoms with Gasteiger partial charge in [-0.2, -0.15) is 5.10 Å². The summed E-state index contributed by atoms with van der Waals surface area (Å²) in [6.07, 6.45) is 3.66. The first-order valence-corrected chi connectivity index (χ1v) is 5.68. The number of aromatic nitrogens is 3. The van der Waals surface area contributed by atoms with E-state index >= 15 is 0 Å². The molecule has 0 bridgehead atoms. The number of fused-ring (bicyclic) bond motifs is 1. The standard InChI is InChI=1S/C12H8BrN3/c13-10-4-2-9(3-5-10)11-8-12-14-6-1-7-16(12)15-11/h1-8H. The van der Waals surface area contributed by atoms with Gasteiger partial charge >= 0.3 is 0 Å². The van der Waals surface area contributed by atoms with Crippen LogP contribution in [0.2, 0.25) is 0 Å². The molecule has 0 aliphatic heterocycles. The van der Waals surface area contributed by atoms with Crippen LogP contribution in [0.1, 0.15) is 0 Å². The Morgan fingerprint density at radius 1 is 1.12 bits per heavy atom. The molecule has 0 amide bonds. The molecule has 0 fully saturated rings. The predicted molar refractivity (Wildman–Crippen MR) is 66.1 cm³/mol. The Balaban J connectivity index is 2.15. The van der Waals surface area contributed by atoms with Crippen LogP contribution in [0.5, 0.6) is 0 Å². The molecule has 0 aliphatic rings. The lowest BCUT2D eigenvalue weighted by Crippen LogP contribution is -1.87. The molecule has 0 saturated carbocycles. The van der Waals surface area contributed by atoms with Gasteiger partial charge in [-0.05, 0) is 18.2 Å². The molecule has 2 aromatic heterocycles. The van der Waals surface area contributed by atoms with Gasteiger partial charge < -0.3 is 0 Å². The van der Waals surface area contributed by atoms with Crippen molar-refractivity contribution >= 4 is 21.6 Å². The van der Waals surface area contributed by atoms with E-state index in [0.717, 1.165) is 21.4 Å². The van der Waals surface area contributed by atoms with Crippen molar-refractivity contribution < 1.29 is 0 Å². The molecule has 78 valence electrons. The maximum absolute atomic E-state index is 4.45. The molecule has 2 heterocycles. The second-order valence-corrected chi connectivity index (χ2v) is 4.37. The monoisotopic (exact) mass is 273 g/mol. The maximum Gasteiger partial charge on any atom is 0.155 e. The summed E-state index contributed by atoms with van der Waals surface area (Å²) in [6.45, 7) is 0. The molecule has 0 spiro atoms. The topological polar surface area (TPSA) is 30.2 Å². The Bertz CT molecular complexity index is 595. The van der Waals surface area contributed by atoms with Crippen LogP contribution in [0, 0.1) is 0 Å². The molecule has 0 aliphatic carbocycles. The molecule has 3 aromatic rings. The minimum Gasteiger partial charge on any atom is -0.237 e. The van der Waals surface area contributed by atoms with Crippen LogP contribution in [0.3, 0.4) is 0 Å². The van der Waals surface area contributed by atoms with Crippen LogP contribution in [-0.2, 0) is 0 Å². The van der Waals surface area contributed by atoms with E-state index in [4.69, 9.17) is 0 Å². The van der Waals surface area contributed by atoms with Gasteiger partial charge in [0.2, 0.25) is 0 Å². The average molecular weight is 274 g/mol. The number of benzene rings is 1. The first-order chi connectivity index (χ1) is 7.83. The lowest BCUT2D eigenvalue weighted by molar-refractivity contribution is 0.943. The molecule has 0 unspecified atom stereocenters. The van der Waals surface area contributed by atoms with Crippen molar-refractivity contribution in [1.82, 2.24) is 14.6 Å². The normalized spacial score (nSPS) is 10.8. The van der Waals surface area contributed by atoms with E-state index < -0.39 is 0 Å². The third-order valence-corrected chi connectivity index (χ3v) is 2.90. The molecule has 16 heavy (non-hydrogen) atoms. The van der Waals surface area contributed by atoms with Gasteiger partial charge in [-0.1, -0.05) is 28.1 Å². The lowest BCUT2D eigenvalue weighted by atomic mass is 10.2. The summed E-state index contributed by atoms with van der Waals surface area (Å²) in [7, 11) is 0. The van der Waals surface area contributed by atoms with Crippen molar-refractivity contribution in [2.75, 3.05) is 0 Å². The summed E-state index contributed by atoms with van der Waals surface area (Å²) in [5, 5.41) is 4.45. The van der Waals surface area contributed by atoms with Crippen LogP contribution < -0.4 is 0 Å². The minimum absolute atomic E-state index is 0.861. The highest BCUT2D eigenvalue weighted by atomic mass is 79.9. The number of hydrogen-bond acceptors (Lipinski definition) is 2. The van der Waals surface area contributed by atoms with E-state index in [1.807, 2.05) is 42.6 Å². The van der Waals surface area contributed by atoms with Crippen LogP contribution in [0.25, 0.3) is 16.9 Å². The van der Waals surface area contributed by atoms with E-state index in [1.165, 1.54) is 0 Å². The van der Waals surface area contributed by atoms with Gasteiger partial charge in [-0.25, -0.2) is 9.50 Å². The molecule has 3 rings (SSSR count). The highest BCUT2D eigenvalue weighted by Gasteiger charge is 2.03. The Morgan fingerprint density at radius 2 is 1.94 bits per heavy atom. The second-order valence-electron chi connectivity index (χ2n) is 3.46. The minimum atomic E-state index is 0.861. The maximum atomic E-state index is 4.45. The molecular formula is C12H8BrN3. The lowest BCUT2D eigenvalue weighted by Gasteiger charge is -1.95. The zero-order valence-corrected chi connectivity index (χ0v) is 9.92. The molecule has 0 radical (unpaired) electrons. The van der Waals surface area contributed by atoms with Crippen molar-refractivity contribution in [3.05, 3.63) is 53.3 Å². The van der Waals surface area contributed by atoms with Crippen molar-refractivity contribution in [2.45, 2.75) is 0 Å². The fraction of sp³-hybridized carbons (Fsp3) is 0. The van der Waals surface area contributed by atoms with Gasteiger partial charge in [-0.15, -0.1) is 0 Å². The molecular weight excluding hydrogens is 266 g/mol. The van der Waals surface area contributed by atoms with Crippen molar-refractivity contribution in [3.63, 3.8) is 0 Å². The molecule has 0 saturated heterocycles. The summed E-state index contributed by atoms with van der Waals surface area (Å²) < 4.78 is 2.84. The van der Waals surface area contributed by atoms with E-state index in [2.05, 4.69) is 26.0 Å². The number of hydrogen-bond donors (Lipinski definition) is 0. The summed E-state index contributed by atoms with van der Waals surface area (Å²) in [4.78, 5) is 4.24. The molecule has 3 nitrogen and oxygen atoms in total. The van der Waals surface area contributed by atoms with E-state index in [1.54, 1.807) is 10.7 Å². The van der Waals surface area contributed by atoms with Gasteiger partial charge in [0.15, 0.2) is 5.65 Å². The van der Waals surface area contributed by atoms with E-state index in [0.29, 0.717) is 0 Å². The first-order valence-electron chi connectivity index (χ1n) is 4.89. The van der Waals surface area contributed by atoms with Crippen LogP contribution in [-0.4, -0.2) is 14.6 Å². The van der Waals surface area contributed by atoms with E-state index in [-0.39, 0.29) is 0 Å². The predicted octanol–water partition coefficient (Wildman–Crippen LogP) is 3.16. The third kappa shape index (κ3) is 1.61. The Kier molecular flexibility index (Phi) is 2.22. The summed E-state index contributed by atoms with van der Waals surface area (Å²) >= 11 is 3.41. The van der Waals surface area contributed by atoms with E-state index in [9.17, 15) is 0 Å². The Labute approximate surface area is 101 Å². The average Bonchev–Trinajstić information content (AvgIpc) is 2.73. The van der Waals surface area contributed by atoms with Gasteiger partial charge in [0.05, 0.1) is 5.69 Å². The van der Waals surface area contributed by atoms with Crippen molar-refractivity contribution in [3.8, 4) is 11.3 Å². The zero-order chi connectivity index (χ0) is 11.0. The van der Waals surface area contributed by atoms with Gasteiger partial charge in [0.25, 0.3) is 0 Å². The van der Waals surface area contributed by atoms with Crippen LogP contribution >= 0.6 is 15.9 Å². The van der Waals surface area contributed by atoms with Crippen LogP contribution in [0.4, 0.5) is 0 Å². The zero-order valence-electron chi connectivity index (χ0n) is 8.34. The largest absolute Gasteiger partial charge is 0.237 e. The van der Waals surface area contributed by atoms with Crippen molar-refractivity contribution in [1.29, 1.82) is 0 Å². The van der Waals surface area contributed by atoms with Gasteiger partial charge in [0, 0.05) is 28.5 Å². The SMILES string of the molecule is Brc1ccc(-c2cc3ncccn3n2)cc1. The number of rotatable bonds is 1. The first kappa shape index (κ1) is 9.54. The fourth-order valence-corrected chi connectivity index (χ4v) is 1.86. The van der Waals surface area contributed by atoms with Gasteiger partial charge in [-0.3, -0.25) is 0 Å². The van der Waals surface area contributed by atoms with Crippen molar-refractivity contribution in [2.24, 2.45) is 0 Å². The Morgan fingerprint density at radius 3 is 2.69 bits per heavy atom. The second kappa shape index (κ2) is 3.72. The molecule has 0 atom stereocenters. The van der Waals surface area contributed by atoms with Gasteiger partial charge in [0.1, 0.15) is 0 Å². The summed E-state index contributed by atoms with van der Waals surface area (Å²) in [5.41, 5.74) is 2.89. The molecule has 1 aromatic carbocycles. The van der Waals surface area contributed by atoms with Crippen LogP contribution in [0.15, 0.2) is 53.3 Å². The molecule has 4 heteroatoms. The quantitative estimate of drug-likeness (QED) is 0.682. The smallest absolute Gasteiger partial charge is 0.155 e.